The van der Waals surface area contributed by atoms with Crippen molar-refractivity contribution in [2.75, 3.05) is 14.7 Å². The molecule has 9 aromatic carbocycles. The Morgan fingerprint density at radius 1 is 0.250 bits per heavy atom. The van der Waals surface area contributed by atoms with Crippen LogP contribution in [0.15, 0.2) is 224 Å². The molecule has 0 N–H and O–H groups in total. The van der Waals surface area contributed by atoms with Crippen molar-refractivity contribution in [2.45, 2.75) is 0 Å². The van der Waals surface area contributed by atoms with Gasteiger partial charge in [-0.05, 0) is 24.3 Å². The first kappa shape index (κ1) is 33.7. The molecule has 0 saturated carbocycles. The van der Waals surface area contributed by atoms with Crippen LogP contribution in [0.2, 0.25) is 0 Å². The summed E-state index contributed by atoms with van der Waals surface area (Å²) in [7, 11) is 0. The van der Waals surface area contributed by atoms with Crippen molar-refractivity contribution in [3.8, 4) is 0 Å². The van der Waals surface area contributed by atoms with Crippen molar-refractivity contribution >= 4 is 95.8 Å². The van der Waals surface area contributed by atoms with E-state index in [4.69, 9.17) is 0 Å². The number of fused-ring (bicyclic) bond motifs is 5. The number of hydrogen-bond donors (Lipinski definition) is 0. The summed E-state index contributed by atoms with van der Waals surface area (Å²) in [4.78, 5) is 7.07. The summed E-state index contributed by atoms with van der Waals surface area (Å²) < 4.78 is 2.90. The number of benzene rings is 9. The number of rotatable bonds is 9. The SMILES string of the molecule is c1ccc(N(c2ccccc2)c2cccc(N(c3ccccc3)c3cccc(N(c4ccccc4)c4ccc5c(c4)[se]c4c6ccccc6ccc54)c3)c2)cc1. The minimum absolute atomic E-state index is 0.203. The number of nitrogens with zero attached hydrogens (tertiary/aromatic N) is 3. The van der Waals surface area contributed by atoms with Crippen LogP contribution in [-0.4, -0.2) is 14.5 Å². The molecule has 1 heterocycles. The molecular formula is C52H37N3Se. The van der Waals surface area contributed by atoms with Crippen LogP contribution in [0, 0.1) is 0 Å². The predicted octanol–water partition coefficient (Wildman–Crippen LogP) is 14.6. The average Bonchev–Trinajstić information content (AvgIpc) is 3.65. The van der Waals surface area contributed by atoms with Gasteiger partial charge in [0.2, 0.25) is 0 Å². The van der Waals surface area contributed by atoms with Crippen molar-refractivity contribution in [1.82, 2.24) is 0 Å². The Kier molecular flexibility index (Phi) is 8.89. The zero-order valence-electron chi connectivity index (χ0n) is 30.6. The second-order valence-electron chi connectivity index (χ2n) is 13.8. The first-order valence-electron chi connectivity index (χ1n) is 18.9. The normalized spacial score (nSPS) is 11.2. The molecule has 266 valence electrons. The zero-order chi connectivity index (χ0) is 37.3. The molecule has 10 aromatic rings. The molecule has 0 radical (unpaired) electrons. The smallest absolute Gasteiger partial charge is 0.0380 e. The van der Waals surface area contributed by atoms with Crippen LogP contribution in [0.1, 0.15) is 0 Å². The summed E-state index contributed by atoms with van der Waals surface area (Å²) in [6, 6.07) is 80.8. The second kappa shape index (κ2) is 14.8. The van der Waals surface area contributed by atoms with E-state index in [1.807, 2.05) is 0 Å². The molecule has 4 heteroatoms. The maximum atomic E-state index is 2.42. The molecule has 0 unspecified atom stereocenters. The largest absolute Gasteiger partial charge is 0.0602 e. The van der Waals surface area contributed by atoms with E-state index in [-0.39, 0.29) is 14.5 Å². The molecule has 0 aliphatic heterocycles. The quantitative estimate of drug-likeness (QED) is 0.135. The fourth-order valence-electron chi connectivity index (χ4n) is 7.82. The summed E-state index contributed by atoms with van der Waals surface area (Å²) in [5, 5.41) is 5.41. The van der Waals surface area contributed by atoms with Crippen LogP contribution in [0.25, 0.3) is 30.1 Å². The van der Waals surface area contributed by atoms with Gasteiger partial charge in [0.1, 0.15) is 0 Å². The first-order valence-corrected chi connectivity index (χ1v) is 20.6. The van der Waals surface area contributed by atoms with Gasteiger partial charge in [0, 0.05) is 11.4 Å². The van der Waals surface area contributed by atoms with E-state index in [1.165, 1.54) is 30.1 Å². The van der Waals surface area contributed by atoms with Gasteiger partial charge in [-0.1, -0.05) is 36.4 Å². The van der Waals surface area contributed by atoms with Gasteiger partial charge in [-0.3, -0.25) is 0 Å². The number of anilines is 9. The van der Waals surface area contributed by atoms with Crippen molar-refractivity contribution in [3.05, 3.63) is 224 Å². The van der Waals surface area contributed by atoms with Crippen LogP contribution in [0.3, 0.4) is 0 Å². The van der Waals surface area contributed by atoms with Gasteiger partial charge >= 0.3 is 263 Å². The second-order valence-corrected chi connectivity index (χ2v) is 16.0. The molecule has 0 spiro atoms. The van der Waals surface area contributed by atoms with Crippen LogP contribution in [-0.2, 0) is 0 Å². The van der Waals surface area contributed by atoms with Gasteiger partial charge < -0.3 is 0 Å². The molecule has 1 aromatic heterocycles. The standard InChI is InChI=1S/C52H37N3Se/c1-5-18-39(19-6-1)53(40-20-7-2-8-21-40)43-26-15-27-44(35-43)54(41-22-9-3-10-23-41)45-28-16-29-46(36-45)55(42-24-11-4-12-25-42)47-32-34-49-50-33-31-38-17-13-14-30-48(38)52(50)56-51(49)37-47/h1-37H. The summed E-state index contributed by atoms with van der Waals surface area (Å²) >= 11 is 0.203. The summed E-state index contributed by atoms with van der Waals surface area (Å²) in [6.07, 6.45) is 0. The third-order valence-corrected chi connectivity index (χ3v) is 12.9. The van der Waals surface area contributed by atoms with Crippen molar-refractivity contribution in [1.29, 1.82) is 0 Å². The summed E-state index contributed by atoms with van der Waals surface area (Å²) in [6.45, 7) is 0. The third-order valence-electron chi connectivity index (χ3n) is 10.4. The van der Waals surface area contributed by atoms with E-state index in [2.05, 4.69) is 239 Å². The van der Waals surface area contributed by atoms with Gasteiger partial charge in [-0.25, -0.2) is 0 Å². The van der Waals surface area contributed by atoms with Gasteiger partial charge in [0.25, 0.3) is 0 Å². The minimum atomic E-state index is 0.203. The number of hydrogen-bond acceptors (Lipinski definition) is 3. The Morgan fingerprint density at radius 3 is 1.11 bits per heavy atom. The number of para-hydroxylation sites is 4. The van der Waals surface area contributed by atoms with E-state index in [9.17, 15) is 0 Å². The average molecular weight is 783 g/mol. The molecule has 10 rings (SSSR count). The van der Waals surface area contributed by atoms with Gasteiger partial charge in [-0.2, -0.15) is 0 Å². The van der Waals surface area contributed by atoms with Crippen LogP contribution in [0.4, 0.5) is 51.2 Å². The molecule has 0 atom stereocenters. The monoisotopic (exact) mass is 783 g/mol. The maximum absolute atomic E-state index is 2.42. The van der Waals surface area contributed by atoms with E-state index in [0.717, 1.165) is 51.2 Å². The zero-order valence-corrected chi connectivity index (χ0v) is 32.3. The van der Waals surface area contributed by atoms with E-state index in [0.29, 0.717) is 0 Å². The Bertz CT molecular complexity index is 2890. The van der Waals surface area contributed by atoms with E-state index < -0.39 is 0 Å². The topological polar surface area (TPSA) is 9.72 Å². The molecule has 0 amide bonds. The molecule has 0 aliphatic rings. The molecule has 0 aliphatic carbocycles. The molecule has 56 heavy (non-hydrogen) atoms. The fraction of sp³-hybridized carbons (Fsp3) is 0. The van der Waals surface area contributed by atoms with Gasteiger partial charge in [0.05, 0.1) is 0 Å². The van der Waals surface area contributed by atoms with Crippen molar-refractivity contribution in [3.63, 3.8) is 0 Å². The van der Waals surface area contributed by atoms with Gasteiger partial charge in [0.15, 0.2) is 0 Å². The fourth-order valence-corrected chi connectivity index (χ4v) is 10.5. The third kappa shape index (κ3) is 6.31. The summed E-state index contributed by atoms with van der Waals surface area (Å²) in [5.41, 5.74) is 9.88. The van der Waals surface area contributed by atoms with Crippen LogP contribution in [0.5, 0.6) is 0 Å². The molecular weight excluding hydrogens is 746 g/mol. The van der Waals surface area contributed by atoms with E-state index in [1.54, 1.807) is 0 Å². The van der Waals surface area contributed by atoms with Crippen LogP contribution < -0.4 is 14.7 Å². The Morgan fingerprint density at radius 2 is 0.625 bits per heavy atom. The Labute approximate surface area is 333 Å². The van der Waals surface area contributed by atoms with Crippen LogP contribution >= 0.6 is 0 Å². The molecule has 0 saturated heterocycles. The maximum Gasteiger partial charge on any atom is -0.0380 e. The first-order chi connectivity index (χ1) is 27.8. The van der Waals surface area contributed by atoms with E-state index >= 15 is 0 Å². The van der Waals surface area contributed by atoms with Crippen molar-refractivity contribution in [2.24, 2.45) is 0 Å². The Balaban J connectivity index is 1.11. The predicted molar refractivity (Wildman–Crippen MR) is 240 cm³/mol. The minimum Gasteiger partial charge on any atom is -0.0602 e. The van der Waals surface area contributed by atoms with Crippen molar-refractivity contribution < 1.29 is 0 Å². The molecule has 0 bridgehead atoms. The molecule has 0 fully saturated rings. The summed E-state index contributed by atoms with van der Waals surface area (Å²) in [5.74, 6) is 0. The van der Waals surface area contributed by atoms with Gasteiger partial charge in [-0.15, -0.1) is 0 Å². The Hall–Kier alpha value is -6.84. The molecule has 3 nitrogen and oxygen atoms in total.